The van der Waals surface area contributed by atoms with Crippen LogP contribution in [0.5, 0.6) is 0 Å². The van der Waals surface area contributed by atoms with Gasteiger partial charge in [-0.2, -0.15) is 0 Å². The number of hydrogen-bond acceptors (Lipinski definition) is 0. The van der Waals surface area contributed by atoms with E-state index < -0.39 is 0 Å². The molecule has 0 unspecified atom stereocenters. The van der Waals surface area contributed by atoms with E-state index in [9.17, 15) is 0 Å². The van der Waals surface area contributed by atoms with Crippen molar-refractivity contribution in [3.63, 3.8) is 0 Å². The molecule has 0 heterocycles. The fourth-order valence-corrected chi connectivity index (χ4v) is 0. The Kier molecular flexibility index (Phi) is 204. The summed E-state index contributed by atoms with van der Waals surface area (Å²) in [5, 5.41) is 0. The maximum Gasteiger partial charge on any atom is 0 e. The van der Waals surface area contributed by atoms with E-state index in [1.165, 1.54) is 0 Å². The molecule has 0 nitrogen and oxygen atoms in total. The van der Waals surface area contributed by atoms with Crippen LogP contribution < -0.4 is 0 Å². The van der Waals surface area contributed by atoms with Crippen molar-refractivity contribution < 1.29 is 21.7 Å². The van der Waals surface area contributed by atoms with Crippen LogP contribution in [-0.4, -0.2) is 28.3 Å². The molecule has 0 aliphatic rings. The van der Waals surface area contributed by atoms with Gasteiger partial charge in [-0.15, -0.1) is 0 Å². The molecular weight excluding hydrogens is 134 g/mol. The van der Waals surface area contributed by atoms with E-state index in [1.54, 1.807) is 0 Å². The maximum atomic E-state index is 0. The second-order valence-electron chi connectivity index (χ2n) is 0. The molecule has 0 aliphatic carbocycles. The Labute approximate surface area is 59.8 Å². The van der Waals surface area contributed by atoms with E-state index >= 15 is 0 Å². The monoisotopic (exact) mass is 134 g/mol. The molecule has 0 aromatic heterocycles. The average molecular weight is 134 g/mol. The molecule has 16 valence electrons. The fraction of sp³-hybridized carbons (Fsp3) is 0. The molecule has 0 bridgehead atoms. The molecule has 0 atom stereocenters. The van der Waals surface area contributed by atoms with Gasteiger partial charge in [0.15, 0.2) is 0 Å². The van der Waals surface area contributed by atoms with Crippen molar-refractivity contribution >= 4 is 38.2 Å². The molecule has 0 saturated heterocycles. The van der Waals surface area contributed by atoms with E-state index in [0.29, 0.717) is 0 Å². The van der Waals surface area contributed by atoms with Gasteiger partial charge in [-0.05, 0) is 0 Å². The van der Waals surface area contributed by atoms with Crippen LogP contribution in [0.25, 0.3) is 0 Å². The Balaban J connectivity index is 0. The number of rotatable bonds is 0. The largest absolute Gasteiger partial charge is 0 e. The van der Waals surface area contributed by atoms with Gasteiger partial charge in [0.25, 0.3) is 0 Å². The first-order chi connectivity index (χ1) is 0. The van der Waals surface area contributed by atoms with Gasteiger partial charge in [0.1, 0.15) is 0 Å². The van der Waals surface area contributed by atoms with Crippen molar-refractivity contribution in [1.29, 1.82) is 0 Å². The second-order valence-corrected chi connectivity index (χ2v) is 0. The molecule has 0 aromatic carbocycles. The minimum Gasteiger partial charge on any atom is 0 e. The van der Waals surface area contributed by atoms with Gasteiger partial charge in [0.05, 0.1) is 0 Å². The Morgan fingerprint density at radius 2 is 1.00 bits per heavy atom. The Morgan fingerprint density at radius 1 is 1.00 bits per heavy atom. The van der Waals surface area contributed by atoms with Crippen LogP contribution in [-0.2, 0) is 21.7 Å². The van der Waals surface area contributed by atoms with Crippen LogP contribution in [0.4, 0.5) is 0 Å². The molecule has 0 spiro atoms. The molecule has 0 aliphatic heterocycles. The van der Waals surface area contributed by atoms with E-state index in [-0.39, 0.29) is 59.9 Å². The first kappa shape index (κ1) is 39.4. The molecule has 10 radical (unpaired) electrons. The molecule has 0 N–H and O–H groups in total. The Morgan fingerprint density at radius 3 is 1.00 bits per heavy atom. The fourth-order valence-electron chi connectivity index (χ4n) is 0. The van der Waals surface area contributed by atoms with Crippen LogP contribution in [0.3, 0.4) is 0 Å². The molecular formula is AlPSiTi. The third-order valence-electron chi connectivity index (χ3n) is 0. The van der Waals surface area contributed by atoms with Crippen molar-refractivity contribution in [1.82, 2.24) is 0 Å². The summed E-state index contributed by atoms with van der Waals surface area (Å²) in [6, 6.07) is 0. The van der Waals surface area contributed by atoms with Crippen molar-refractivity contribution in [2.75, 3.05) is 0 Å². The summed E-state index contributed by atoms with van der Waals surface area (Å²) in [4.78, 5) is 0. The quantitative estimate of drug-likeness (QED) is 0.325. The summed E-state index contributed by atoms with van der Waals surface area (Å²) < 4.78 is 0. The summed E-state index contributed by atoms with van der Waals surface area (Å²) in [5.41, 5.74) is 0. The zero-order valence-electron chi connectivity index (χ0n) is 2.02. The van der Waals surface area contributed by atoms with Gasteiger partial charge >= 0.3 is 0 Å². The predicted octanol–water partition coefficient (Wildman–Crippen LogP) is 0.0971. The van der Waals surface area contributed by atoms with Gasteiger partial charge in [-0.1, -0.05) is 0 Å². The molecule has 0 amide bonds. The first-order valence-electron chi connectivity index (χ1n) is 0. The Bertz CT molecular complexity index is 8.00. The van der Waals surface area contributed by atoms with E-state index in [1.807, 2.05) is 0 Å². The topological polar surface area (TPSA) is 0 Å². The van der Waals surface area contributed by atoms with Crippen LogP contribution >= 0.6 is 9.90 Å². The third-order valence-corrected chi connectivity index (χ3v) is 0. The molecule has 0 fully saturated rings. The summed E-state index contributed by atoms with van der Waals surface area (Å²) in [6.07, 6.45) is 0. The summed E-state index contributed by atoms with van der Waals surface area (Å²) >= 11 is 0. The van der Waals surface area contributed by atoms with Crippen LogP contribution in [0.15, 0.2) is 0 Å². The van der Waals surface area contributed by atoms with Gasteiger partial charge in [0, 0.05) is 59.9 Å². The van der Waals surface area contributed by atoms with E-state index in [0.717, 1.165) is 0 Å². The van der Waals surface area contributed by atoms with Crippen molar-refractivity contribution in [3.8, 4) is 0 Å². The molecule has 0 rings (SSSR count). The van der Waals surface area contributed by atoms with Crippen LogP contribution in [0.2, 0.25) is 0 Å². The van der Waals surface area contributed by atoms with Crippen LogP contribution in [0.1, 0.15) is 0 Å². The maximum absolute atomic E-state index is 0. The van der Waals surface area contributed by atoms with Crippen molar-refractivity contribution in [3.05, 3.63) is 0 Å². The van der Waals surface area contributed by atoms with Gasteiger partial charge in [-0.25, -0.2) is 0 Å². The smallest absolute Gasteiger partial charge is 0 e. The van der Waals surface area contributed by atoms with Crippen LogP contribution in [0, 0.1) is 0 Å². The summed E-state index contributed by atoms with van der Waals surface area (Å²) in [7, 11) is 0. The summed E-state index contributed by atoms with van der Waals surface area (Å²) in [6.45, 7) is 0. The van der Waals surface area contributed by atoms with Gasteiger partial charge in [0.2, 0.25) is 0 Å². The Hall–Kier alpha value is 1.89. The first-order valence-corrected chi connectivity index (χ1v) is 0. The van der Waals surface area contributed by atoms with Crippen molar-refractivity contribution in [2.45, 2.75) is 0 Å². The zero-order valence-corrected chi connectivity index (χ0v) is 6.64. The standard InChI is InChI=1S/Al.P.Si.Ti. The molecule has 0 saturated carbocycles. The predicted molar refractivity (Wildman–Crippen MR) is 18.4 cm³/mol. The average Bonchev–Trinajstić information content (AvgIpc) is 0. The minimum absolute atomic E-state index is 0. The normalized spacial score (nSPS) is 0. The SMILES string of the molecule is [Al].[P].[Si].[Ti]. The van der Waals surface area contributed by atoms with Gasteiger partial charge in [-0.3, -0.25) is 0 Å². The number of hydrogen-bond donors (Lipinski definition) is 0. The second kappa shape index (κ2) is 20.7. The summed E-state index contributed by atoms with van der Waals surface area (Å²) in [5.74, 6) is 0. The van der Waals surface area contributed by atoms with Crippen molar-refractivity contribution in [2.24, 2.45) is 0 Å². The van der Waals surface area contributed by atoms with E-state index in [4.69, 9.17) is 0 Å². The zero-order chi connectivity index (χ0) is 0. The van der Waals surface area contributed by atoms with E-state index in [2.05, 4.69) is 0 Å². The van der Waals surface area contributed by atoms with Gasteiger partial charge < -0.3 is 0 Å². The third kappa shape index (κ3) is 9.09. The molecule has 4 heavy (non-hydrogen) atoms. The molecule has 0 aromatic rings. The molecule has 4 heteroatoms. The minimum atomic E-state index is 0.